The number of hydrogen-bond donors (Lipinski definition) is 1. The van der Waals surface area contributed by atoms with E-state index in [1.54, 1.807) is 17.5 Å². The topological polar surface area (TPSA) is 69.0 Å². The molecule has 5 rings (SSSR count). The molecule has 32 heavy (non-hydrogen) atoms. The molecule has 0 spiro atoms. The van der Waals surface area contributed by atoms with E-state index in [1.165, 1.54) is 5.56 Å². The summed E-state index contributed by atoms with van der Waals surface area (Å²) in [4.78, 5) is 18.6. The molecular weight excluding hydrogens is 420 g/mol. The fourth-order valence-electron chi connectivity index (χ4n) is 4.30. The van der Waals surface area contributed by atoms with Crippen LogP contribution in [-0.2, 0) is 11.2 Å². The van der Waals surface area contributed by atoms with Crippen LogP contribution in [0.15, 0.2) is 60.2 Å². The third kappa shape index (κ3) is 4.45. The lowest BCUT2D eigenvalue weighted by Gasteiger charge is -2.35. The van der Waals surface area contributed by atoms with Crippen LogP contribution in [0.3, 0.4) is 0 Å². The second-order valence-corrected chi connectivity index (χ2v) is 9.77. The van der Waals surface area contributed by atoms with Crippen molar-refractivity contribution in [1.82, 2.24) is 20.1 Å². The van der Waals surface area contributed by atoms with Gasteiger partial charge in [-0.3, -0.25) is 4.79 Å². The van der Waals surface area contributed by atoms with Gasteiger partial charge >= 0.3 is 0 Å². The van der Waals surface area contributed by atoms with Crippen LogP contribution in [0, 0.1) is 0 Å². The van der Waals surface area contributed by atoms with Gasteiger partial charge in [0.15, 0.2) is 0 Å². The summed E-state index contributed by atoms with van der Waals surface area (Å²) >= 11 is 1.57. The SMILES string of the molecule is CC1(C)CC(NC(=O)c2cc(Cc3ccc(-n4cccn4)cc3)c3ccsc3n2)CCO1. The van der Waals surface area contributed by atoms with Gasteiger partial charge in [-0.25, -0.2) is 9.67 Å². The average Bonchev–Trinajstić information content (AvgIpc) is 3.46. The average molecular weight is 447 g/mol. The van der Waals surface area contributed by atoms with E-state index in [-0.39, 0.29) is 17.6 Å². The van der Waals surface area contributed by atoms with E-state index in [9.17, 15) is 4.79 Å². The molecule has 0 radical (unpaired) electrons. The van der Waals surface area contributed by atoms with Crippen LogP contribution in [0.5, 0.6) is 0 Å². The third-order valence-corrected chi connectivity index (χ3v) is 6.70. The summed E-state index contributed by atoms with van der Waals surface area (Å²) in [6.07, 6.45) is 6.06. The Morgan fingerprint density at radius 1 is 1.28 bits per heavy atom. The maximum Gasteiger partial charge on any atom is 0.270 e. The molecule has 0 saturated carbocycles. The Bertz CT molecular complexity index is 1230. The molecule has 4 heterocycles. The van der Waals surface area contributed by atoms with Crippen LogP contribution < -0.4 is 5.32 Å². The standard InChI is InChI=1S/C25H26N4O2S/c1-25(2)16-19(8-12-31-25)27-23(30)22-15-18(21-9-13-32-24(21)28-22)14-17-4-6-20(7-5-17)29-11-3-10-26-29/h3-7,9-11,13,15,19H,8,12,14,16H2,1-2H3,(H,27,30). The minimum atomic E-state index is -0.213. The van der Waals surface area contributed by atoms with Gasteiger partial charge in [0, 0.05) is 30.4 Å². The number of carbonyl (C=O) groups is 1. The zero-order valence-corrected chi connectivity index (χ0v) is 19.1. The molecule has 1 aliphatic heterocycles. The Morgan fingerprint density at radius 2 is 2.12 bits per heavy atom. The second kappa shape index (κ2) is 8.48. The first kappa shape index (κ1) is 20.8. The van der Waals surface area contributed by atoms with Crippen LogP contribution in [0.1, 0.15) is 48.3 Å². The number of carbonyl (C=O) groups excluding carboxylic acids is 1. The van der Waals surface area contributed by atoms with Gasteiger partial charge in [0.05, 0.1) is 11.3 Å². The Balaban J connectivity index is 1.38. The molecule has 1 fully saturated rings. The van der Waals surface area contributed by atoms with Crippen molar-refractivity contribution in [3.63, 3.8) is 0 Å². The first-order chi connectivity index (χ1) is 15.5. The first-order valence-electron chi connectivity index (χ1n) is 10.9. The number of rotatable bonds is 5. The second-order valence-electron chi connectivity index (χ2n) is 8.87. The Hall–Kier alpha value is -3.03. The smallest absolute Gasteiger partial charge is 0.270 e. The highest BCUT2D eigenvalue weighted by molar-refractivity contribution is 7.16. The predicted molar refractivity (Wildman–Crippen MR) is 127 cm³/mol. The summed E-state index contributed by atoms with van der Waals surface area (Å²) < 4.78 is 7.62. The molecule has 1 amide bonds. The van der Waals surface area contributed by atoms with Crippen molar-refractivity contribution in [2.45, 2.75) is 44.8 Å². The maximum atomic E-state index is 13.1. The molecule has 0 bridgehead atoms. The minimum Gasteiger partial charge on any atom is -0.375 e. The lowest BCUT2D eigenvalue weighted by molar-refractivity contribution is -0.0615. The molecule has 6 nitrogen and oxygen atoms in total. The number of nitrogens with zero attached hydrogens (tertiary/aromatic N) is 3. The van der Waals surface area contributed by atoms with Crippen molar-refractivity contribution in [1.29, 1.82) is 0 Å². The van der Waals surface area contributed by atoms with Crippen LogP contribution in [-0.4, -0.2) is 38.9 Å². The highest BCUT2D eigenvalue weighted by Crippen LogP contribution is 2.27. The van der Waals surface area contributed by atoms with E-state index in [1.807, 2.05) is 28.4 Å². The van der Waals surface area contributed by atoms with Gasteiger partial charge in [-0.1, -0.05) is 12.1 Å². The summed E-state index contributed by atoms with van der Waals surface area (Å²) in [5.41, 5.74) is 3.58. The molecule has 0 aliphatic carbocycles. The van der Waals surface area contributed by atoms with Crippen molar-refractivity contribution < 1.29 is 9.53 Å². The number of benzene rings is 1. The van der Waals surface area contributed by atoms with Gasteiger partial charge in [0.1, 0.15) is 10.5 Å². The number of nitrogens with one attached hydrogen (secondary N) is 1. The largest absolute Gasteiger partial charge is 0.375 e. The fraction of sp³-hybridized carbons (Fsp3) is 0.320. The molecule has 1 saturated heterocycles. The number of amides is 1. The normalized spacial score (nSPS) is 18.0. The molecule has 1 unspecified atom stereocenters. The number of hydrogen-bond acceptors (Lipinski definition) is 5. The quantitative estimate of drug-likeness (QED) is 0.480. The zero-order chi connectivity index (χ0) is 22.1. The molecule has 1 aromatic carbocycles. The molecule has 164 valence electrons. The lowest BCUT2D eigenvalue weighted by Crippen LogP contribution is -2.46. The first-order valence-corrected chi connectivity index (χ1v) is 11.8. The third-order valence-electron chi connectivity index (χ3n) is 5.89. The van der Waals surface area contributed by atoms with Crippen molar-refractivity contribution in [2.75, 3.05) is 6.61 Å². The number of aromatic nitrogens is 3. The number of pyridine rings is 1. The van der Waals surface area contributed by atoms with Crippen LogP contribution in [0.2, 0.25) is 0 Å². The Kier molecular flexibility index (Phi) is 5.53. The minimum absolute atomic E-state index is 0.102. The van der Waals surface area contributed by atoms with Gasteiger partial charge in [-0.2, -0.15) is 5.10 Å². The van der Waals surface area contributed by atoms with E-state index in [2.05, 4.69) is 59.6 Å². The van der Waals surface area contributed by atoms with Crippen LogP contribution in [0.25, 0.3) is 15.9 Å². The molecule has 3 aromatic heterocycles. The van der Waals surface area contributed by atoms with E-state index < -0.39 is 0 Å². The summed E-state index contributed by atoms with van der Waals surface area (Å²) in [6.45, 7) is 4.79. The van der Waals surface area contributed by atoms with Gasteiger partial charge in [0.2, 0.25) is 0 Å². The summed E-state index contributed by atoms with van der Waals surface area (Å²) in [5.74, 6) is -0.113. The van der Waals surface area contributed by atoms with Crippen LogP contribution >= 0.6 is 11.3 Å². The monoisotopic (exact) mass is 446 g/mol. The van der Waals surface area contributed by atoms with E-state index in [4.69, 9.17) is 4.74 Å². The predicted octanol–water partition coefficient (Wildman–Crippen LogP) is 4.76. The van der Waals surface area contributed by atoms with E-state index in [0.29, 0.717) is 12.3 Å². The molecule has 1 atom stereocenters. The highest BCUT2D eigenvalue weighted by atomic mass is 32.1. The molecule has 1 aliphatic rings. The molecular formula is C25H26N4O2S. The molecule has 1 N–H and O–H groups in total. The number of fused-ring (bicyclic) bond motifs is 1. The zero-order valence-electron chi connectivity index (χ0n) is 18.2. The molecule has 4 aromatic rings. The van der Waals surface area contributed by atoms with Gasteiger partial charge in [-0.05, 0) is 79.9 Å². The van der Waals surface area contributed by atoms with Crippen molar-refractivity contribution in [3.05, 3.63) is 77.1 Å². The van der Waals surface area contributed by atoms with Crippen molar-refractivity contribution in [3.8, 4) is 5.69 Å². The van der Waals surface area contributed by atoms with E-state index >= 15 is 0 Å². The maximum absolute atomic E-state index is 13.1. The van der Waals surface area contributed by atoms with E-state index in [0.717, 1.165) is 40.7 Å². The van der Waals surface area contributed by atoms with Crippen LogP contribution in [0.4, 0.5) is 0 Å². The van der Waals surface area contributed by atoms with Crippen molar-refractivity contribution in [2.24, 2.45) is 0 Å². The number of thiophene rings is 1. The van der Waals surface area contributed by atoms with Gasteiger partial charge in [0.25, 0.3) is 5.91 Å². The molecule has 7 heteroatoms. The lowest BCUT2D eigenvalue weighted by atomic mass is 9.94. The summed E-state index contributed by atoms with van der Waals surface area (Å²) in [7, 11) is 0. The fourth-order valence-corrected chi connectivity index (χ4v) is 5.11. The van der Waals surface area contributed by atoms with Gasteiger partial charge in [-0.15, -0.1) is 11.3 Å². The number of ether oxygens (including phenoxy) is 1. The Labute approximate surface area is 191 Å². The van der Waals surface area contributed by atoms with Crippen molar-refractivity contribution >= 4 is 27.5 Å². The summed E-state index contributed by atoms with van der Waals surface area (Å²) in [5, 5.41) is 10.6. The Morgan fingerprint density at radius 3 is 2.88 bits per heavy atom. The summed E-state index contributed by atoms with van der Waals surface area (Å²) in [6, 6.07) is 14.4. The highest BCUT2D eigenvalue weighted by Gasteiger charge is 2.30. The van der Waals surface area contributed by atoms with Gasteiger partial charge < -0.3 is 10.1 Å².